The zero-order valence-electron chi connectivity index (χ0n) is 15.0. The predicted octanol–water partition coefficient (Wildman–Crippen LogP) is 2.41. The Balaban J connectivity index is 1.83. The van der Waals surface area contributed by atoms with Crippen molar-refractivity contribution in [3.8, 4) is 0 Å². The number of benzene rings is 2. The van der Waals surface area contributed by atoms with Gasteiger partial charge in [-0.3, -0.25) is 10.1 Å². The van der Waals surface area contributed by atoms with E-state index in [1.807, 2.05) is 0 Å². The number of rotatable bonds is 7. The van der Waals surface area contributed by atoms with Crippen LogP contribution in [0.2, 0.25) is 0 Å². The number of nitro groups is 1. The minimum Gasteiger partial charge on any atom is -0.384 e. The van der Waals surface area contributed by atoms with E-state index in [4.69, 9.17) is 4.74 Å². The summed E-state index contributed by atoms with van der Waals surface area (Å²) in [7, 11) is -3.91. The molecular formula is C18H20FN3O5S. The number of nitrogens with one attached hydrogen (secondary N) is 1. The fourth-order valence-electron chi connectivity index (χ4n) is 2.90. The molecule has 28 heavy (non-hydrogen) atoms. The number of hydrogen-bond donors (Lipinski definition) is 1. The molecule has 1 aliphatic heterocycles. The Morgan fingerprint density at radius 1 is 1.14 bits per heavy atom. The van der Waals surface area contributed by atoms with E-state index in [2.05, 4.69) is 5.32 Å². The maximum absolute atomic E-state index is 13.0. The molecule has 1 aliphatic rings. The number of nitrogens with zero attached hydrogens (tertiary/aromatic N) is 2. The molecule has 3 rings (SSSR count). The molecule has 0 bridgehead atoms. The molecule has 0 spiro atoms. The third-order valence-corrected chi connectivity index (χ3v) is 6.34. The first-order chi connectivity index (χ1) is 13.4. The van der Waals surface area contributed by atoms with Crippen LogP contribution < -0.4 is 5.32 Å². The Hall–Kier alpha value is -2.56. The maximum atomic E-state index is 13.0. The fourth-order valence-corrected chi connectivity index (χ4v) is 4.50. The van der Waals surface area contributed by atoms with E-state index >= 15 is 0 Å². The Kier molecular flexibility index (Phi) is 6.22. The van der Waals surface area contributed by atoms with Gasteiger partial charge in [0.25, 0.3) is 5.69 Å². The Morgan fingerprint density at radius 2 is 1.82 bits per heavy atom. The summed E-state index contributed by atoms with van der Waals surface area (Å²) >= 11 is 0. The van der Waals surface area contributed by atoms with Gasteiger partial charge in [0.2, 0.25) is 10.0 Å². The van der Waals surface area contributed by atoms with Crippen LogP contribution in [0, 0.1) is 15.9 Å². The average Bonchev–Trinajstić information content (AvgIpc) is 2.70. The number of sulfonamides is 1. The minimum atomic E-state index is -3.91. The van der Waals surface area contributed by atoms with Gasteiger partial charge >= 0.3 is 0 Å². The van der Waals surface area contributed by atoms with E-state index in [0.29, 0.717) is 18.7 Å². The van der Waals surface area contributed by atoms with E-state index in [-0.39, 0.29) is 42.7 Å². The smallest absolute Gasteiger partial charge is 0.270 e. The molecule has 1 saturated heterocycles. The molecule has 8 nitrogen and oxygen atoms in total. The summed E-state index contributed by atoms with van der Waals surface area (Å²) in [6, 6.07) is 9.75. The van der Waals surface area contributed by atoms with Crippen LogP contribution in [0.1, 0.15) is 5.56 Å². The quantitative estimate of drug-likeness (QED) is 0.557. The van der Waals surface area contributed by atoms with E-state index in [1.165, 1.54) is 28.6 Å². The summed E-state index contributed by atoms with van der Waals surface area (Å²) < 4.78 is 45.5. The van der Waals surface area contributed by atoms with E-state index < -0.39 is 14.9 Å². The molecule has 0 aromatic heterocycles. The lowest BCUT2D eigenvalue weighted by Gasteiger charge is -2.27. The molecule has 2 aromatic carbocycles. The van der Waals surface area contributed by atoms with Crippen LogP contribution in [0.4, 0.5) is 15.8 Å². The van der Waals surface area contributed by atoms with Gasteiger partial charge in [-0.2, -0.15) is 4.31 Å². The van der Waals surface area contributed by atoms with Gasteiger partial charge in [-0.25, -0.2) is 12.8 Å². The molecule has 10 heteroatoms. The fraction of sp³-hybridized carbons (Fsp3) is 0.333. The number of non-ortho nitro benzene ring substituents is 1. The number of morpholine rings is 1. The van der Waals surface area contributed by atoms with Crippen LogP contribution in [-0.2, 0) is 21.2 Å². The molecule has 2 aromatic rings. The zero-order chi connectivity index (χ0) is 20.1. The standard InChI is InChI=1S/C18H20FN3O5S/c19-15-3-1-14(2-4-15)7-8-20-17-6-5-16(22(23)24)13-18(17)28(25,26)21-9-11-27-12-10-21/h1-6,13,20H,7-12H2. The molecule has 1 heterocycles. The van der Waals surface area contributed by atoms with Crippen molar-refractivity contribution in [1.82, 2.24) is 4.31 Å². The van der Waals surface area contributed by atoms with Crippen LogP contribution in [0.15, 0.2) is 47.4 Å². The van der Waals surface area contributed by atoms with Gasteiger partial charge in [0.15, 0.2) is 0 Å². The first-order valence-electron chi connectivity index (χ1n) is 8.72. The Morgan fingerprint density at radius 3 is 2.46 bits per heavy atom. The van der Waals surface area contributed by atoms with E-state index in [1.54, 1.807) is 12.1 Å². The molecule has 0 radical (unpaired) electrons. The molecule has 0 aliphatic carbocycles. The van der Waals surface area contributed by atoms with Crippen LogP contribution in [0.25, 0.3) is 0 Å². The topological polar surface area (TPSA) is 102 Å². The number of hydrogen-bond acceptors (Lipinski definition) is 6. The van der Waals surface area contributed by atoms with E-state index in [0.717, 1.165) is 11.6 Å². The van der Waals surface area contributed by atoms with Crippen molar-refractivity contribution in [3.63, 3.8) is 0 Å². The lowest BCUT2D eigenvalue weighted by molar-refractivity contribution is -0.385. The summed E-state index contributed by atoms with van der Waals surface area (Å²) in [4.78, 5) is 10.4. The van der Waals surface area contributed by atoms with Gasteiger partial charge in [-0.15, -0.1) is 0 Å². The van der Waals surface area contributed by atoms with Crippen molar-refractivity contribution in [3.05, 3.63) is 64.0 Å². The monoisotopic (exact) mass is 409 g/mol. The lowest BCUT2D eigenvalue weighted by Crippen LogP contribution is -2.40. The molecule has 1 fully saturated rings. The van der Waals surface area contributed by atoms with Gasteiger partial charge in [0.05, 0.1) is 23.8 Å². The number of halogens is 1. The Bertz CT molecular complexity index is 944. The van der Waals surface area contributed by atoms with Crippen molar-refractivity contribution in [1.29, 1.82) is 0 Å². The molecule has 150 valence electrons. The first kappa shape index (κ1) is 20.2. The largest absolute Gasteiger partial charge is 0.384 e. The molecular weight excluding hydrogens is 389 g/mol. The van der Waals surface area contributed by atoms with Crippen LogP contribution in [0.3, 0.4) is 0 Å². The van der Waals surface area contributed by atoms with Gasteiger partial charge in [-0.05, 0) is 30.2 Å². The summed E-state index contributed by atoms with van der Waals surface area (Å²) in [6.45, 7) is 1.33. The number of ether oxygens (including phenoxy) is 1. The SMILES string of the molecule is O=[N+]([O-])c1ccc(NCCc2ccc(F)cc2)c(S(=O)(=O)N2CCOCC2)c1. The molecule has 0 amide bonds. The van der Waals surface area contributed by atoms with Crippen molar-refractivity contribution < 1.29 is 22.5 Å². The third-order valence-electron chi connectivity index (χ3n) is 4.41. The summed E-state index contributed by atoms with van der Waals surface area (Å²) in [5.41, 5.74) is 0.878. The van der Waals surface area contributed by atoms with Crippen LogP contribution in [-0.4, -0.2) is 50.5 Å². The number of anilines is 1. The molecule has 0 saturated carbocycles. The summed E-state index contributed by atoms with van der Waals surface area (Å²) in [5.74, 6) is -0.328. The van der Waals surface area contributed by atoms with Gasteiger partial charge in [0.1, 0.15) is 10.7 Å². The van der Waals surface area contributed by atoms with Gasteiger partial charge in [0, 0.05) is 31.8 Å². The Labute approximate surface area is 162 Å². The highest BCUT2D eigenvalue weighted by molar-refractivity contribution is 7.89. The molecule has 0 atom stereocenters. The molecule has 1 N–H and O–H groups in total. The second-order valence-corrected chi connectivity index (χ2v) is 8.16. The zero-order valence-corrected chi connectivity index (χ0v) is 15.8. The van der Waals surface area contributed by atoms with Crippen molar-refractivity contribution in [2.75, 3.05) is 38.2 Å². The highest BCUT2D eigenvalue weighted by atomic mass is 32.2. The highest BCUT2D eigenvalue weighted by Gasteiger charge is 2.30. The minimum absolute atomic E-state index is 0.136. The highest BCUT2D eigenvalue weighted by Crippen LogP contribution is 2.29. The lowest BCUT2D eigenvalue weighted by atomic mass is 10.1. The summed E-state index contributed by atoms with van der Waals surface area (Å²) in [5, 5.41) is 14.2. The normalized spacial score (nSPS) is 15.3. The average molecular weight is 409 g/mol. The van der Waals surface area contributed by atoms with Crippen molar-refractivity contribution >= 4 is 21.4 Å². The van der Waals surface area contributed by atoms with Gasteiger partial charge in [-0.1, -0.05) is 12.1 Å². The van der Waals surface area contributed by atoms with Crippen LogP contribution in [0.5, 0.6) is 0 Å². The van der Waals surface area contributed by atoms with E-state index in [9.17, 15) is 22.9 Å². The first-order valence-corrected chi connectivity index (χ1v) is 10.2. The molecule has 0 unspecified atom stereocenters. The summed E-state index contributed by atoms with van der Waals surface area (Å²) in [6.07, 6.45) is 0.536. The van der Waals surface area contributed by atoms with Crippen molar-refractivity contribution in [2.24, 2.45) is 0 Å². The second-order valence-electron chi connectivity index (χ2n) is 6.26. The van der Waals surface area contributed by atoms with Crippen LogP contribution >= 0.6 is 0 Å². The second kappa shape index (κ2) is 8.63. The third kappa shape index (κ3) is 4.64. The predicted molar refractivity (Wildman–Crippen MR) is 101 cm³/mol. The van der Waals surface area contributed by atoms with Gasteiger partial charge < -0.3 is 10.1 Å². The maximum Gasteiger partial charge on any atom is 0.270 e. The number of nitro benzene ring substituents is 1. The van der Waals surface area contributed by atoms with Crippen molar-refractivity contribution in [2.45, 2.75) is 11.3 Å².